The van der Waals surface area contributed by atoms with Gasteiger partial charge < -0.3 is 9.47 Å². The maximum Gasteiger partial charge on any atom is 0.163 e. The zero-order chi connectivity index (χ0) is 21.1. The highest BCUT2D eigenvalue weighted by Crippen LogP contribution is 2.48. The van der Waals surface area contributed by atoms with E-state index in [1.807, 2.05) is 0 Å². The summed E-state index contributed by atoms with van der Waals surface area (Å²) >= 11 is 0. The zero-order valence-electron chi connectivity index (χ0n) is 17.6. The molecule has 154 valence electrons. The monoisotopic (exact) mass is 414 g/mol. The van der Waals surface area contributed by atoms with Gasteiger partial charge in [-0.05, 0) is 41.3 Å². The highest BCUT2D eigenvalue weighted by Gasteiger charge is 2.38. The van der Waals surface area contributed by atoms with Crippen molar-refractivity contribution in [3.05, 3.63) is 114 Å². The van der Waals surface area contributed by atoms with Gasteiger partial charge in [0, 0.05) is 11.5 Å². The summed E-state index contributed by atoms with van der Waals surface area (Å²) in [6.07, 6.45) is 3.35. The first-order valence-electron chi connectivity index (χ1n) is 11.1. The molecule has 1 aromatic heterocycles. The smallest absolute Gasteiger partial charge is 0.163 e. The van der Waals surface area contributed by atoms with Crippen LogP contribution in [-0.4, -0.2) is 17.1 Å². The van der Waals surface area contributed by atoms with Crippen molar-refractivity contribution >= 4 is 17.1 Å². The Bertz CT molecular complexity index is 1400. The Kier molecular flexibility index (Phi) is 3.70. The number of nitrogens with zero attached hydrogens (tertiary/aromatic N) is 3. The third-order valence-corrected chi connectivity index (χ3v) is 6.81. The molecule has 4 nitrogen and oxygen atoms in total. The lowest BCUT2D eigenvalue weighted by Crippen LogP contribution is -2.30. The summed E-state index contributed by atoms with van der Waals surface area (Å²) in [5.41, 5.74) is 13.3. The fourth-order valence-corrected chi connectivity index (χ4v) is 5.40. The molecule has 7 rings (SSSR count). The van der Waals surface area contributed by atoms with E-state index in [4.69, 9.17) is 5.10 Å². The molecule has 0 saturated carbocycles. The van der Waals surface area contributed by atoms with E-state index in [0.29, 0.717) is 12.6 Å². The first-order chi connectivity index (χ1) is 15.9. The Morgan fingerprint density at radius 3 is 2.34 bits per heavy atom. The average molecular weight is 415 g/mol. The van der Waals surface area contributed by atoms with E-state index in [2.05, 4.69) is 112 Å². The number of allylic oxidation sites excluding steroid dienone is 1. The van der Waals surface area contributed by atoms with E-state index in [1.54, 1.807) is 0 Å². The highest BCUT2D eigenvalue weighted by atomic mass is 15.5. The molecule has 0 spiro atoms. The van der Waals surface area contributed by atoms with Crippen LogP contribution in [0.3, 0.4) is 0 Å². The first kappa shape index (κ1) is 17.6. The normalized spacial score (nSPS) is 18.0. The molecule has 32 heavy (non-hydrogen) atoms. The number of benzene rings is 3. The summed E-state index contributed by atoms with van der Waals surface area (Å²) in [6, 6.07) is 32.7. The molecule has 0 bridgehead atoms. The molecule has 1 aliphatic carbocycles. The predicted molar refractivity (Wildman–Crippen MR) is 130 cm³/mol. The van der Waals surface area contributed by atoms with Crippen molar-refractivity contribution in [1.82, 2.24) is 9.99 Å². The Hall–Kier alpha value is -4.05. The lowest BCUT2D eigenvalue weighted by atomic mass is 9.82. The molecular weight excluding hydrogens is 392 g/mol. The van der Waals surface area contributed by atoms with Crippen LogP contribution in [0.2, 0.25) is 0 Å². The minimum atomic E-state index is 0.326. The molecule has 1 unspecified atom stereocenters. The van der Waals surface area contributed by atoms with Gasteiger partial charge in [-0.3, -0.25) is 5.43 Å². The second-order valence-corrected chi connectivity index (χ2v) is 8.52. The van der Waals surface area contributed by atoms with Crippen LogP contribution in [-0.2, 0) is 0 Å². The van der Waals surface area contributed by atoms with Gasteiger partial charge in [-0.25, -0.2) is 0 Å². The van der Waals surface area contributed by atoms with Crippen molar-refractivity contribution in [2.45, 2.75) is 12.3 Å². The summed E-state index contributed by atoms with van der Waals surface area (Å²) in [5.74, 6) is 1.34. The number of fused-ring (bicyclic) bond motifs is 5. The van der Waals surface area contributed by atoms with Gasteiger partial charge in [0.25, 0.3) is 0 Å². The highest BCUT2D eigenvalue weighted by molar-refractivity contribution is 6.31. The van der Waals surface area contributed by atoms with Crippen molar-refractivity contribution in [3.63, 3.8) is 0 Å². The zero-order valence-corrected chi connectivity index (χ0v) is 17.6. The van der Waals surface area contributed by atoms with Gasteiger partial charge in [-0.1, -0.05) is 78.9 Å². The molecule has 3 aliphatic rings. The van der Waals surface area contributed by atoms with Crippen LogP contribution in [0.4, 0.5) is 5.69 Å². The number of rotatable bonds is 2. The van der Waals surface area contributed by atoms with Gasteiger partial charge in [0.05, 0.1) is 22.8 Å². The number of amidine groups is 1. The number of para-hydroxylation sites is 2. The van der Waals surface area contributed by atoms with E-state index in [1.165, 1.54) is 45.0 Å². The lowest BCUT2D eigenvalue weighted by molar-refractivity contribution is 0.803. The molecule has 2 aliphatic heterocycles. The summed E-state index contributed by atoms with van der Waals surface area (Å²) in [4.78, 5) is 2.30. The van der Waals surface area contributed by atoms with E-state index < -0.39 is 0 Å². The second kappa shape index (κ2) is 6.72. The van der Waals surface area contributed by atoms with Gasteiger partial charge in [0.15, 0.2) is 5.84 Å². The van der Waals surface area contributed by atoms with Gasteiger partial charge in [-0.15, -0.1) is 0 Å². The van der Waals surface area contributed by atoms with Gasteiger partial charge in [0.2, 0.25) is 0 Å². The third-order valence-electron chi connectivity index (χ3n) is 6.81. The van der Waals surface area contributed by atoms with E-state index in [-0.39, 0.29) is 0 Å². The van der Waals surface area contributed by atoms with E-state index in [0.717, 1.165) is 12.3 Å². The number of hydrogen-bond acceptors (Lipinski definition) is 3. The predicted octanol–water partition coefficient (Wildman–Crippen LogP) is 5.76. The topological polar surface area (TPSA) is 32.6 Å². The minimum Gasteiger partial charge on any atom is -0.307 e. The van der Waals surface area contributed by atoms with Crippen LogP contribution in [0, 0.1) is 0 Å². The minimum absolute atomic E-state index is 0.326. The van der Waals surface area contributed by atoms with Crippen LogP contribution in [0.5, 0.6) is 0 Å². The number of aromatic nitrogens is 1. The Balaban J connectivity index is 1.58. The Morgan fingerprint density at radius 2 is 1.53 bits per heavy atom. The maximum absolute atomic E-state index is 4.73. The quantitative estimate of drug-likeness (QED) is 0.452. The van der Waals surface area contributed by atoms with Crippen LogP contribution in [0.25, 0.3) is 22.5 Å². The number of nitrogens with one attached hydrogen (secondary N) is 1. The summed E-state index contributed by atoms with van der Waals surface area (Å²) < 4.78 is 2.46. The van der Waals surface area contributed by atoms with Gasteiger partial charge in [0.1, 0.15) is 6.67 Å². The SMILES string of the molecule is C1=C2C3=NNCN3c3ccccc3-n3c(-c4ccccc4)cc(c32)C(c2ccccc2)C1. The summed E-state index contributed by atoms with van der Waals surface area (Å²) in [7, 11) is 0. The first-order valence-corrected chi connectivity index (χ1v) is 11.1. The summed E-state index contributed by atoms with van der Waals surface area (Å²) in [5, 5.41) is 4.73. The molecule has 0 radical (unpaired) electrons. The van der Waals surface area contributed by atoms with Crippen molar-refractivity contribution < 1.29 is 0 Å². The van der Waals surface area contributed by atoms with Crippen LogP contribution >= 0.6 is 0 Å². The van der Waals surface area contributed by atoms with Crippen molar-refractivity contribution in [2.24, 2.45) is 5.10 Å². The molecule has 1 atom stereocenters. The Labute approximate surface area is 187 Å². The van der Waals surface area contributed by atoms with Crippen LogP contribution in [0.15, 0.2) is 102 Å². The Morgan fingerprint density at radius 1 is 0.812 bits per heavy atom. The molecule has 3 aromatic carbocycles. The molecule has 0 amide bonds. The second-order valence-electron chi connectivity index (χ2n) is 8.52. The maximum atomic E-state index is 4.73. The van der Waals surface area contributed by atoms with Crippen molar-refractivity contribution in [3.8, 4) is 16.9 Å². The van der Waals surface area contributed by atoms with Crippen LogP contribution < -0.4 is 10.3 Å². The molecule has 0 saturated heterocycles. The molecule has 0 fully saturated rings. The lowest BCUT2D eigenvalue weighted by Gasteiger charge is -2.25. The van der Waals surface area contributed by atoms with Crippen molar-refractivity contribution in [2.75, 3.05) is 11.6 Å². The molecule has 4 aromatic rings. The third kappa shape index (κ3) is 2.41. The number of hydrazone groups is 1. The van der Waals surface area contributed by atoms with Crippen molar-refractivity contribution in [1.29, 1.82) is 0 Å². The molecule has 1 N–H and O–H groups in total. The van der Waals surface area contributed by atoms with Gasteiger partial charge in [-0.2, -0.15) is 5.10 Å². The average Bonchev–Trinajstić information content (AvgIpc) is 3.48. The molecule has 3 heterocycles. The van der Waals surface area contributed by atoms with Crippen LogP contribution in [0.1, 0.15) is 29.2 Å². The number of anilines is 1. The largest absolute Gasteiger partial charge is 0.307 e. The molecule has 4 heteroatoms. The fourth-order valence-electron chi connectivity index (χ4n) is 5.40. The standard InChI is InChI=1S/C28H22N4/c1-3-9-19(10-4-1)21-15-16-22-27-23(21)17-26(20-11-5-2-6-12-20)32(27)25-14-8-7-13-24(25)31-18-29-30-28(22)31/h1-14,16-17,21,29H,15,18H2. The summed E-state index contributed by atoms with van der Waals surface area (Å²) in [6.45, 7) is 0.687. The molecular formula is C28H22N4. The number of hydrogen-bond donors (Lipinski definition) is 1. The van der Waals surface area contributed by atoms with E-state index in [9.17, 15) is 0 Å². The van der Waals surface area contributed by atoms with Gasteiger partial charge >= 0.3 is 0 Å². The van der Waals surface area contributed by atoms with E-state index >= 15 is 0 Å². The fraction of sp³-hybridized carbons (Fsp3) is 0.107.